The lowest BCUT2D eigenvalue weighted by Crippen LogP contribution is -2.12. The summed E-state index contributed by atoms with van der Waals surface area (Å²) < 4.78 is 15.6. The van der Waals surface area contributed by atoms with Gasteiger partial charge in [-0.3, -0.25) is 0 Å². The Kier molecular flexibility index (Phi) is 7.40. The van der Waals surface area contributed by atoms with Crippen LogP contribution in [0.4, 0.5) is 5.69 Å². The normalized spacial score (nSPS) is 9.95. The molecule has 0 atom stereocenters. The van der Waals surface area contributed by atoms with E-state index in [1.807, 2.05) is 6.07 Å². The highest BCUT2D eigenvalue weighted by molar-refractivity contribution is 5.66. The van der Waals surface area contributed by atoms with Crippen LogP contribution >= 0.6 is 0 Å². The lowest BCUT2D eigenvalue weighted by Gasteiger charge is -2.12. The molecule has 5 nitrogen and oxygen atoms in total. The van der Waals surface area contributed by atoms with E-state index in [1.165, 1.54) is 0 Å². The zero-order valence-corrected chi connectivity index (χ0v) is 11.4. The largest absolute Gasteiger partial charge is 0.495 e. The summed E-state index contributed by atoms with van der Waals surface area (Å²) in [6, 6.07) is 7.51. The molecule has 104 valence electrons. The first kappa shape index (κ1) is 15.3. The first-order valence-electron chi connectivity index (χ1n) is 6.21. The van der Waals surface area contributed by atoms with Crippen molar-refractivity contribution in [2.24, 2.45) is 0 Å². The van der Waals surface area contributed by atoms with Gasteiger partial charge in [0, 0.05) is 26.9 Å². The Bertz CT molecular complexity index is 416. The molecule has 0 unspecified atom stereocenters. The molecule has 0 heterocycles. The Labute approximate surface area is 114 Å². The van der Waals surface area contributed by atoms with Crippen molar-refractivity contribution in [2.75, 3.05) is 45.9 Å². The zero-order chi connectivity index (χ0) is 13.9. The molecule has 5 heteroatoms. The lowest BCUT2D eigenvalue weighted by molar-refractivity contribution is 0.109. The summed E-state index contributed by atoms with van der Waals surface area (Å²) in [6.07, 6.45) is 0.884. The molecule has 0 aliphatic heterocycles. The van der Waals surface area contributed by atoms with Crippen LogP contribution in [0.5, 0.6) is 5.75 Å². The minimum absolute atomic E-state index is 0.568. The van der Waals surface area contributed by atoms with Crippen LogP contribution in [0.25, 0.3) is 0 Å². The minimum Gasteiger partial charge on any atom is -0.495 e. The smallest absolute Gasteiger partial charge is 0.143 e. The molecule has 1 rings (SSSR count). The first-order chi connectivity index (χ1) is 9.33. The van der Waals surface area contributed by atoms with Gasteiger partial charge in [0.05, 0.1) is 25.0 Å². The number of nitrogens with one attached hydrogen (secondary N) is 1. The van der Waals surface area contributed by atoms with Crippen LogP contribution in [0.15, 0.2) is 18.2 Å². The van der Waals surface area contributed by atoms with E-state index in [4.69, 9.17) is 19.5 Å². The van der Waals surface area contributed by atoms with E-state index in [0.717, 1.165) is 6.42 Å². The molecule has 19 heavy (non-hydrogen) atoms. The fourth-order valence-electron chi connectivity index (χ4n) is 1.63. The fraction of sp³-hybridized carbons (Fsp3) is 0.500. The van der Waals surface area contributed by atoms with E-state index in [2.05, 4.69) is 11.4 Å². The van der Waals surface area contributed by atoms with Crippen LogP contribution in [0, 0.1) is 11.3 Å². The van der Waals surface area contributed by atoms with E-state index in [1.54, 1.807) is 26.4 Å². The van der Waals surface area contributed by atoms with Gasteiger partial charge in [0.1, 0.15) is 11.8 Å². The van der Waals surface area contributed by atoms with E-state index >= 15 is 0 Å². The highest BCUT2D eigenvalue weighted by atomic mass is 16.5. The summed E-state index contributed by atoms with van der Waals surface area (Å²) in [7, 11) is 3.26. The molecule has 0 saturated carbocycles. The molecule has 0 bridgehead atoms. The second-order valence-corrected chi connectivity index (χ2v) is 3.88. The molecular weight excluding hydrogens is 244 g/mol. The van der Waals surface area contributed by atoms with Crippen molar-refractivity contribution < 1.29 is 14.2 Å². The highest BCUT2D eigenvalue weighted by Gasteiger charge is 2.07. The van der Waals surface area contributed by atoms with Gasteiger partial charge in [-0.15, -0.1) is 0 Å². The topological polar surface area (TPSA) is 63.5 Å². The van der Waals surface area contributed by atoms with Crippen molar-refractivity contribution >= 4 is 5.69 Å². The van der Waals surface area contributed by atoms with Crippen LogP contribution < -0.4 is 10.1 Å². The molecule has 0 aromatic heterocycles. The average molecular weight is 264 g/mol. The highest BCUT2D eigenvalue weighted by Crippen LogP contribution is 2.27. The lowest BCUT2D eigenvalue weighted by atomic mass is 10.2. The van der Waals surface area contributed by atoms with Gasteiger partial charge >= 0.3 is 0 Å². The summed E-state index contributed by atoms with van der Waals surface area (Å²) in [5, 5.41) is 12.2. The molecule has 0 fully saturated rings. The van der Waals surface area contributed by atoms with E-state index in [-0.39, 0.29) is 0 Å². The Morgan fingerprint density at radius 3 is 2.74 bits per heavy atom. The third-order valence-corrected chi connectivity index (χ3v) is 2.55. The Hall–Kier alpha value is -1.77. The molecule has 0 aliphatic carbocycles. The molecule has 0 saturated heterocycles. The van der Waals surface area contributed by atoms with E-state index < -0.39 is 0 Å². The summed E-state index contributed by atoms with van der Waals surface area (Å²) in [4.78, 5) is 0. The molecule has 0 radical (unpaired) electrons. The van der Waals surface area contributed by atoms with Crippen molar-refractivity contribution in [1.29, 1.82) is 5.26 Å². The van der Waals surface area contributed by atoms with Crippen molar-refractivity contribution in [3.8, 4) is 11.8 Å². The molecule has 0 amide bonds. The van der Waals surface area contributed by atoms with Crippen molar-refractivity contribution in [1.82, 2.24) is 0 Å². The van der Waals surface area contributed by atoms with E-state index in [9.17, 15) is 0 Å². The van der Waals surface area contributed by atoms with Crippen LogP contribution in [0.3, 0.4) is 0 Å². The minimum atomic E-state index is 0.568. The predicted octanol–water partition coefficient (Wildman–Crippen LogP) is 2.03. The Morgan fingerprint density at radius 1 is 1.21 bits per heavy atom. The number of ether oxygens (including phenoxy) is 3. The Balaban J connectivity index is 2.38. The number of benzene rings is 1. The van der Waals surface area contributed by atoms with Gasteiger partial charge in [0.2, 0.25) is 0 Å². The maximum Gasteiger partial charge on any atom is 0.143 e. The quantitative estimate of drug-likeness (QED) is 0.691. The second-order valence-electron chi connectivity index (χ2n) is 3.88. The molecule has 1 aromatic rings. The molecule has 1 N–H and O–H groups in total. The molecule has 1 aromatic carbocycles. The van der Waals surface area contributed by atoms with Gasteiger partial charge in [0.15, 0.2) is 0 Å². The average Bonchev–Trinajstić information content (AvgIpc) is 2.46. The standard InChI is InChI=1S/C14H20N2O3/c1-17-8-4-9-19-10-7-16-14-12(11-15)5-3-6-13(14)18-2/h3,5-6,16H,4,7-10H2,1-2H3. The van der Waals surface area contributed by atoms with Crippen molar-refractivity contribution in [3.63, 3.8) is 0 Å². The van der Waals surface area contributed by atoms with Crippen LogP contribution in [-0.4, -0.2) is 40.6 Å². The summed E-state index contributed by atoms with van der Waals surface area (Å²) in [5.74, 6) is 0.665. The first-order valence-corrected chi connectivity index (χ1v) is 6.21. The zero-order valence-electron chi connectivity index (χ0n) is 11.4. The number of hydrogen-bond donors (Lipinski definition) is 1. The number of nitriles is 1. The predicted molar refractivity (Wildman–Crippen MR) is 73.5 cm³/mol. The van der Waals surface area contributed by atoms with Gasteiger partial charge < -0.3 is 19.5 Å². The van der Waals surface area contributed by atoms with Gasteiger partial charge in [-0.05, 0) is 18.6 Å². The molecule has 0 aliphatic rings. The van der Waals surface area contributed by atoms with Gasteiger partial charge in [-0.2, -0.15) is 5.26 Å². The number of hydrogen-bond acceptors (Lipinski definition) is 5. The fourth-order valence-corrected chi connectivity index (χ4v) is 1.63. The van der Waals surface area contributed by atoms with E-state index in [0.29, 0.717) is 43.4 Å². The maximum atomic E-state index is 9.05. The number of methoxy groups -OCH3 is 2. The van der Waals surface area contributed by atoms with Crippen molar-refractivity contribution in [2.45, 2.75) is 6.42 Å². The Morgan fingerprint density at radius 2 is 2.05 bits per heavy atom. The van der Waals surface area contributed by atoms with Gasteiger partial charge in [-0.1, -0.05) is 6.07 Å². The SMILES string of the molecule is COCCCOCCNc1c(C#N)cccc1OC. The summed E-state index contributed by atoms with van der Waals surface area (Å²) >= 11 is 0. The van der Waals surface area contributed by atoms with Crippen LogP contribution in [0.2, 0.25) is 0 Å². The number of para-hydroxylation sites is 1. The molecule has 0 spiro atoms. The summed E-state index contributed by atoms with van der Waals surface area (Å²) in [6.45, 7) is 2.58. The number of anilines is 1. The number of rotatable bonds is 9. The summed E-state index contributed by atoms with van der Waals surface area (Å²) in [5.41, 5.74) is 1.28. The third kappa shape index (κ3) is 5.16. The monoisotopic (exact) mass is 264 g/mol. The maximum absolute atomic E-state index is 9.05. The van der Waals surface area contributed by atoms with Crippen molar-refractivity contribution in [3.05, 3.63) is 23.8 Å². The molecular formula is C14H20N2O3. The van der Waals surface area contributed by atoms with Gasteiger partial charge in [-0.25, -0.2) is 0 Å². The van der Waals surface area contributed by atoms with Gasteiger partial charge in [0.25, 0.3) is 0 Å². The number of nitrogens with zero attached hydrogens (tertiary/aromatic N) is 1. The van der Waals surface area contributed by atoms with Crippen LogP contribution in [-0.2, 0) is 9.47 Å². The van der Waals surface area contributed by atoms with Crippen LogP contribution in [0.1, 0.15) is 12.0 Å². The third-order valence-electron chi connectivity index (χ3n) is 2.55. The second kappa shape index (κ2) is 9.20.